The van der Waals surface area contributed by atoms with Gasteiger partial charge in [0.25, 0.3) is 0 Å². The Hall–Kier alpha value is -3.60. The molecule has 0 spiro atoms. The van der Waals surface area contributed by atoms with Crippen molar-refractivity contribution in [3.05, 3.63) is 70.1 Å². The van der Waals surface area contributed by atoms with Crippen molar-refractivity contribution < 1.29 is 19.3 Å². The van der Waals surface area contributed by atoms with Gasteiger partial charge in [0.2, 0.25) is 0 Å². The molecule has 0 aliphatic carbocycles. The molecule has 1 aromatic carbocycles. The number of aromatic nitrogens is 4. The van der Waals surface area contributed by atoms with Crippen molar-refractivity contribution in [2.75, 3.05) is 6.54 Å². The number of amides is 1. The summed E-state index contributed by atoms with van der Waals surface area (Å²) in [6.07, 6.45) is 1.44. The third-order valence-electron chi connectivity index (χ3n) is 3.44. The molecule has 26 heavy (non-hydrogen) atoms. The van der Waals surface area contributed by atoms with Crippen molar-refractivity contribution in [3.8, 4) is 0 Å². The molecule has 11 nitrogen and oxygen atoms in total. The number of nitro groups is 1. The molecule has 2 N–H and O–H groups in total. The lowest BCUT2D eigenvalue weighted by Crippen LogP contribution is -2.28. The molecule has 0 radical (unpaired) electrons. The molecule has 0 bridgehead atoms. The van der Waals surface area contributed by atoms with Crippen molar-refractivity contribution in [3.63, 3.8) is 0 Å². The van der Waals surface area contributed by atoms with Crippen LogP contribution >= 0.6 is 0 Å². The first kappa shape index (κ1) is 17.2. The van der Waals surface area contributed by atoms with E-state index in [2.05, 4.69) is 20.6 Å². The SMILES string of the molecule is O=C(NCC(O)c1ccccc1)c1nc(Cn2cc([N+](=O)[O-])cn2)no1. The molecule has 0 saturated heterocycles. The molecule has 134 valence electrons. The molecule has 0 aliphatic heterocycles. The van der Waals surface area contributed by atoms with E-state index in [1.807, 2.05) is 6.07 Å². The molecule has 1 atom stereocenters. The first-order valence-electron chi connectivity index (χ1n) is 7.53. The molecular weight excluding hydrogens is 344 g/mol. The van der Waals surface area contributed by atoms with E-state index in [4.69, 9.17) is 4.52 Å². The number of aliphatic hydroxyl groups excluding tert-OH is 1. The number of carbonyl (C=O) groups excluding carboxylic acids is 1. The van der Waals surface area contributed by atoms with Crippen LogP contribution in [0.4, 0.5) is 5.69 Å². The highest BCUT2D eigenvalue weighted by atomic mass is 16.6. The molecule has 3 aromatic rings. The van der Waals surface area contributed by atoms with Crippen molar-refractivity contribution >= 4 is 11.6 Å². The molecule has 1 amide bonds. The number of nitrogens with one attached hydrogen (secondary N) is 1. The van der Waals surface area contributed by atoms with E-state index < -0.39 is 16.9 Å². The van der Waals surface area contributed by atoms with E-state index in [9.17, 15) is 20.0 Å². The first-order chi connectivity index (χ1) is 12.5. The normalized spacial score (nSPS) is 11.9. The molecule has 2 aromatic heterocycles. The lowest BCUT2D eigenvalue weighted by molar-refractivity contribution is -0.385. The summed E-state index contributed by atoms with van der Waals surface area (Å²) in [7, 11) is 0. The fourth-order valence-corrected chi connectivity index (χ4v) is 2.15. The van der Waals surface area contributed by atoms with Crippen molar-refractivity contribution in [2.24, 2.45) is 0 Å². The van der Waals surface area contributed by atoms with Gasteiger partial charge < -0.3 is 14.9 Å². The molecule has 0 fully saturated rings. The summed E-state index contributed by atoms with van der Waals surface area (Å²) in [4.78, 5) is 26.0. The van der Waals surface area contributed by atoms with Gasteiger partial charge in [-0.15, -0.1) is 0 Å². The van der Waals surface area contributed by atoms with Gasteiger partial charge in [-0.05, 0) is 5.56 Å². The van der Waals surface area contributed by atoms with Crippen LogP contribution in [0.1, 0.15) is 28.2 Å². The first-order valence-corrected chi connectivity index (χ1v) is 7.53. The number of carbonyl (C=O) groups is 1. The zero-order chi connectivity index (χ0) is 18.5. The lowest BCUT2D eigenvalue weighted by atomic mass is 10.1. The van der Waals surface area contributed by atoms with Gasteiger partial charge in [-0.1, -0.05) is 35.5 Å². The highest BCUT2D eigenvalue weighted by molar-refractivity contribution is 5.89. The highest BCUT2D eigenvalue weighted by Crippen LogP contribution is 2.11. The topological polar surface area (TPSA) is 149 Å². The minimum atomic E-state index is -0.868. The van der Waals surface area contributed by atoms with Gasteiger partial charge in [0, 0.05) is 6.54 Å². The van der Waals surface area contributed by atoms with Crippen LogP contribution in [-0.2, 0) is 6.54 Å². The Morgan fingerprint density at radius 3 is 2.85 bits per heavy atom. The number of nitrogens with zero attached hydrogens (tertiary/aromatic N) is 5. The minimum absolute atomic E-state index is 0.0112. The zero-order valence-corrected chi connectivity index (χ0v) is 13.3. The van der Waals surface area contributed by atoms with Crippen LogP contribution in [0.5, 0.6) is 0 Å². The third-order valence-corrected chi connectivity index (χ3v) is 3.44. The molecular formula is C15H14N6O5. The second-order valence-electron chi connectivity index (χ2n) is 5.31. The van der Waals surface area contributed by atoms with Crippen LogP contribution in [0.2, 0.25) is 0 Å². The molecule has 11 heteroatoms. The summed E-state index contributed by atoms with van der Waals surface area (Å²) in [5.74, 6) is -0.774. The van der Waals surface area contributed by atoms with Gasteiger partial charge in [-0.25, -0.2) is 0 Å². The smallest absolute Gasteiger partial charge is 0.316 e. The van der Waals surface area contributed by atoms with E-state index in [0.29, 0.717) is 5.56 Å². The second kappa shape index (κ2) is 7.53. The van der Waals surface area contributed by atoms with Crippen molar-refractivity contribution in [2.45, 2.75) is 12.6 Å². The van der Waals surface area contributed by atoms with Gasteiger partial charge in [0.05, 0.1) is 11.0 Å². The van der Waals surface area contributed by atoms with Crippen molar-refractivity contribution in [1.82, 2.24) is 25.2 Å². The van der Waals surface area contributed by atoms with Gasteiger partial charge in [0.15, 0.2) is 5.82 Å². The number of hydrogen-bond acceptors (Lipinski definition) is 8. The summed E-state index contributed by atoms with van der Waals surface area (Å²) in [5, 5.41) is 30.6. The molecule has 2 heterocycles. The summed E-state index contributed by atoms with van der Waals surface area (Å²) < 4.78 is 6.11. The van der Waals surface area contributed by atoms with Gasteiger partial charge in [0.1, 0.15) is 18.9 Å². The van der Waals surface area contributed by atoms with E-state index in [-0.39, 0.29) is 30.5 Å². The standard InChI is InChI=1S/C15H14N6O5/c22-12(10-4-2-1-3-5-10)7-16-14(23)15-18-13(19-26-15)9-20-8-11(6-17-20)21(24)25/h1-6,8,12,22H,7,9H2,(H,16,23). The number of hydrogen-bond donors (Lipinski definition) is 2. The number of aliphatic hydroxyl groups is 1. The Kier molecular flexibility index (Phi) is 4.99. The maximum Gasteiger partial charge on any atom is 0.316 e. The fourth-order valence-electron chi connectivity index (χ4n) is 2.15. The molecule has 0 aliphatic rings. The van der Waals surface area contributed by atoms with Crippen LogP contribution < -0.4 is 5.32 Å². The maximum atomic E-state index is 12.0. The lowest BCUT2D eigenvalue weighted by Gasteiger charge is -2.10. The predicted octanol–water partition coefficient (Wildman–Crippen LogP) is 0.686. The van der Waals surface area contributed by atoms with E-state index in [1.54, 1.807) is 24.3 Å². The Labute approximate surface area is 146 Å². The van der Waals surface area contributed by atoms with Crippen LogP contribution in [0, 0.1) is 10.1 Å². The average Bonchev–Trinajstić information content (AvgIpc) is 3.30. The second-order valence-corrected chi connectivity index (χ2v) is 5.31. The quantitative estimate of drug-likeness (QED) is 0.462. The van der Waals surface area contributed by atoms with Crippen LogP contribution in [0.15, 0.2) is 47.2 Å². The van der Waals surface area contributed by atoms with E-state index in [1.165, 1.54) is 10.9 Å². The number of rotatable bonds is 7. The minimum Gasteiger partial charge on any atom is -0.387 e. The summed E-state index contributed by atoms with van der Waals surface area (Å²) in [5.41, 5.74) is 0.501. The molecule has 1 unspecified atom stereocenters. The van der Waals surface area contributed by atoms with Gasteiger partial charge in [-0.3, -0.25) is 19.6 Å². The van der Waals surface area contributed by atoms with Crippen molar-refractivity contribution in [1.29, 1.82) is 0 Å². The Balaban J connectivity index is 1.56. The molecule has 3 rings (SSSR count). The summed E-state index contributed by atoms with van der Waals surface area (Å²) in [6.45, 7) is -0.0107. The Morgan fingerprint density at radius 2 is 2.15 bits per heavy atom. The average molecular weight is 358 g/mol. The number of benzene rings is 1. The zero-order valence-electron chi connectivity index (χ0n) is 13.3. The van der Waals surface area contributed by atoms with Crippen LogP contribution in [0.25, 0.3) is 0 Å². The fraction of sp³-hybridized carbons (Fsp3) is 0.200. The predicted molar refractivity (Wildman–Crippen MR) is 86.0 cm³/mol. The Morgan fingerprint density at radius 1 is 1.38 bits per heavy atom. The highest BCUT2D eigenvalue weighted by Gasteiger charge is 2.18. The van der Waals surface area contributed by atoms with Gasteiger partial charge >= 0.3 is 17.5 Å². The summed E-state index contributed by atoms with van der Waals surface area (Å²) in [6, 6.07) is 8.87. The summed E-state index contributed by atoms with van der Waals surface area (Å²) >= 11 is 0. The third kappa shape index (κ3) is 4.08. The van der Waals surface area contributed by atoms with Crippen LogP contribution in [0.3, 0.4) is 0 Å². The van der Waals surface area contributed by atoms with Gasteiger partial charge in [-0.2, -0.15) is 10.1 Å². The Bertz CT molecular complexity index is 906. The largest absolute Gasteiger partial charge is 0.387 e. The maximum absolute atomic E-state index is 12.0. The molecule has 0 saturated carbocycles. The monoisotopic (exact) mass is 358 g/mol. The van der Waals surface area contributed by atoms with E-state index in [0.717, 1.165) is 6.20 Å². The van der Waals surface area contributed by atoms with Crippen LogP contribution in [-0.4, -0.2) is 42.4 Å². The van der Waals surface area contributed by atoms with E-state index >= 15 is 0 Å².